The van der Waals surface area contributed by atoms with Crippen LogP contribution in [-0.4, -0.2) is 58.0 Å². The number of ether oxygens (including phenoxy) is 2. The Morgan fingerprint density at radius 3 is 2.14 bits per heavy atom. The van der Waals surface area contributed by atoms with Gasteiger partial charge in [-0.1, -0.05) is 31.2 Å². The molecule has 0 radical (unpaired) electrons. The molecule has 3 aromatic carbocycles. The molecule has 0 saturated heterocycles. The van der Waals surface area contributed by atoms with E-state index in [1.807, 2.05) is 33.8 Å². The molecule has 0 saturated carbocycles. The number of anilines is 1. The molecule has 3 rings (SSSR count). The quantitative estimate of drug-likeness (QED) is 0.291. The van der Waals surface area contributed by atoms with E-state index in [-0.39, 0.29) is 34.5 Å². The standard InChI is InChI=1S/C32H40FN3O6S/c1-8-23(4)34-32(38)24(5)35(19-25-11-9-10-12-28(25)33)31(37)20-36(26-16-21(2)15-22(3)17-26)43(39,40)27-13-14-29(41-6)30(18-27)42-7/h9-18,23-24H,8,19-20H2,1-7H3,(H,34,38)/t23-,24-/m0/s1. The number of sulfonamides is 1. The average Bonchev–Trinajstić information content (AvgIpc) is 2.97. The SMILES string of the molecule is CC[C@H](C)NC(=O)[C@H](C)N(Cc1ccccc1F)C(=O)CN(c1cc(C)cc(C)c1)S(=O)(=O)c1ccc(OC)c(OC)c1. The summed E-state index contributed by atoms with van der Waals surface area (Å²) in [5.41, 5.74) is 2.04. The molecule has 0 aliphatic rings. The van der Waals surface area contributed by atoms with Gasteiger partial charge < -0.3 is 19.7 Å². The van der Waals surface area contributed by atoms with Crippen LogP contribution in [-0.2, 0) is 26.2 Å². The second kappa shape index (κ2) is 14.4. The number of aryl methyl sites for hydroxylation is 2. The first-order valence-electron chi connectivity index (χ1n) is 14.0. The van der Waals surface area contributed by atoms with Crippen molar-refractivity contribution in [3.8, 4) is 11.5 Å². The van der Waals surface area contributed by atoms with Gasteiger partial charge in [0.2, 0.25) is 11.8 Å². The van der Waals surface area contributed by atoms with Crippen molar-refractivity contribution in [2.24, 2.45) is 0 Å². The van der Waals surface area contributed by atoms with Crippen molar-refractivity contribution in [1.82, 2.24) is 10.2 Å². The summed E-state index contributed by atoms with van der Waals surface area (Å²) in [6.45, 7) is 8.06. The van der Waals surface area contributed by atoms with E-state index in [4.69, 9.17) is 9.47 Å². The Hall–Kier alpha value is -4.12. The van der Waals surface area contributed by atoms with E-state index in [0.717, 1.165) is 15.4 Å². The minimum Gasteiger partial charge on any atom is -0.493 e. The summed E-state index contributed by atoms with van der Waals surface area (Å²) in [6, 6.07) is 14.2. The van der Waals surface area contributed by atoms with E-state index >= 15 is 0 Å². The Morgan fingerprint density at radius 1 is 0.930 bits per heavy atom. The van der Waals surface area contributed by atoms with Gasteiger partial charge in [0.05, 0.1) is 24.8 Å². The summed E-state index contributed by atoms with van der Waals surface area (Å²) in [5.74, 6) is -1.11. The summed E-state index contributed by atoms with van der Waals surface area (Å²) in [4.78, 5) is 28.3. The van der Waals surface area contributed by atoms with Crippen molar-refractivity contribution in [2.45, 2.75) is 64.6 Å². The molecule has 0 spiro atoms. The molecule has 43 heavy (non-hydrogen) atoms. The molecule has 0 aliphatic carbocycles. The highest BCUT2D eigenvalue weighted by Crippen LogP contribution is 2.33. The number of amides is 2. The van der Waals surface area contributed by atoms with Crippen LogP contribution in [0.3, 0.4) is 0 Å². The normalized spacial score (nSPS) is 12.7. The van der Waals surface area contributed by atoms with Gasteiger partial charge >= 0.3 is 0 Å². The summed E-state index contributed by atoms with van der Waals surface area (Å²) in [5, 5.41) is 2.86. The van der Waals surface area contributed by atoms with Gasteiger partial charge in [0.1, 0.15) is 18.4 Å². The van der Waals surface area contributed by atoms with Gasteiger partial charge in [0, 0.05) is 24.2 Å². The second-order valence-corrected chi connectivity index (χ2v) is 12.3. The first kappa shape index (κ1) is 33.4. The summed E-state index contributed by atoms with van der Waals surface area (Å²) in [6.07, 6.45) is 0.670. The Kier molecular flexibility index (Phi) is 11.2. The van der Waals surface area contributed by atoms with Crippen LogP contribution in [0, 0.1) is 19.7 Å². The third kappa shape index (κ3) is 8.04. The molecular formula is C32H40FN3O6S. The Balaban J connectivity index is 2.12. The fourth-order valence-electron chi connectivity index (χ4n) is 4.59. The van der Waals surface area contributed by atoms with Gasteiger partial charge in [-0.3, -0.25) is 13.9 Å². The van der Waals surface area contributed by atoms with Gasteiger partial charge in [-0.15, -0.1) is 0 Å². The zero-order valence-corrected chi connectivity index (χ0v) is 26.5. The molecule has 11 heteroatoms. The lowest BCUT2D eigenvalue weighted by atomic mass is 10.1. The van der Waals surface area contributed by atoms with E-state index in [2.05, 4.69) is 5.32 Å². The van der Waals surface area contributed by atoms with E-state index in [0.29, 0.717) is 12.2 Å². The lowest BCUT2D eigenvalue weighted by Gasteiger charge is -2.32. The van der Waals surface area contributed by atoms with E-state index < -0.39 is 40.2 Å². The maximum absolute atomic E-state index is 14.7. The van der Waals surface area contributed by atoms with E-state index in [1.165, 1.54) is 55.5 Å². The van der Waals surface area contributed by atoms with Crippen LogP contribution in [0.15, 0.2) is 65.6 Å². The molecule has 0 heterocycles. The molecule has 0 aliphatic heterocycles. The van der Waals surface area contributed by atoms with Crippen LogP contribution in [0.25, 0.3) is 0 Å². The predicted octanol–water partition coefficient (Wildman–Crippen LogP) is 4.99. The molecule has 0 unspecified atom stereocenters. The fraction of sp³-hybridized carbons (Fsp3) is 0.375. The van der Waals surface area contributed by atoms with Crippen LogP contribution in [0.2, 0.25) is 0 Å². The van der Waals surface area contributed by atoms with Gasteiger partial charge in [0.25, 0.3) is 10.0 Å². The summed E-state index contributed by atoms with van der Waals surface area (Å²) in [7, 11) is -1.51. The average molecular weight is 614 g/mol. The number of carbonyl (C=O) groups excluding carboxylic acids is 2. The Bertz CT molecular complexity index is 1540. The van der Waals surface area contributed by atoms with Crippen LogP contribution < -0.4 is 19.1 Å². The highest BCUT2D eigenvalue weighted by Gasteiger charge is 2.33. The van der Waals surface area contributed by atoms with Gasteiger partial charge in [-0.25, -0.2) is 12.8 Å². The summed E-state index contributed by atoms with van der Waals surface area (Å²) < 4.78 is 54.7. The topological polar surface area (TPSA) is 105 Å². The fourth-order valence-corrected chi connectivity index (χ4v) is 6.00. The molecule has 0 fully saturated rings. The highest BCUT2D eigenvalue weighted by atomic mass is 32.2. The van der Waals surface area contributed by atoms with Gasteiger partial charge in [-0.05, 0) is 75.6 Å². The first-order valence-corrected chi connectivity index (χ1v) is 15.4. The zero-order valence-electron chi connectivity index (χ0n) is 25.7. The number of hydrogen-bond donors (Lipinski definition) is 1. The smallest absolute Gasteiger partial charge is 0.264 e. The largest absolute Gasteiger partial charge is 0.493 e. The van der Waals surface area contributed by atoms with Gasteiger partial charge in [0.15, 0.2) is 11.5 Å². The van der Waals surface area contributed by atoms with Crippen molar-refractivity contribution < 1.29 is 31.9 Å². The van der Waals surface area contributed by atoms with Crippen molar-refractivity contribution in [3.05, 3.63) is 83.2 Å². The molecule has 2 atom stereocenters. The van der Waals surface area contributed by atoms with Crippen molar-refractivity contribution in [3.63, 3.8) is 0 Å². The molecule has 0 bridgehead atoms. The van der Waals surface area contributed by atoms with Crippen molar-refractivity contribution in [1.29, 1.82) is 0 Å². The minimum atomic E-state index is -4.35. The molecule has 2 amide bonds. The Labute approximate surface area is 253 Å². The number of nitrogens with zero attached hydrogens (tertiary/aromatic N) is 2. The number of benzene rings is 3. The predicted molar refractivity (Wildman–Crippen MR) is 164 cm³/mol. The van der Waals surface area contributed by atoms with Crippen molar-refractivity contribution in [2.75, 3.05) is 25.1 Å². The molecule has 1 N–H and O–H groups in total. The lowest BCUT2D eigenvalue weighted by molar-refractivity contribution is -0.139. The lowest BCUT2D eigenvalue weighted by Crippen LogP contribution is -2.52. The van der Waals surface area contributed by atoms with Crippen molar-refractivity contribution >= 4 is 27.5 Å². The number of hydrogen-bond acceptors (Lipinski definition) is 6. The summed E-state index contributed by atoms with van der Waals surface area (Å²) >= 11 is 0. The third-order valence-electron chi connectivity index (χ3n) is 7.18. The van der Waals surface area contributed by atoms with Crippen LogP contribution >= 0.6 is 0 Å². The third-order valence-corrected chi connectivity index (χ3v) is 8.95. The number of halogens is 1. The number of rotatable bonds is 13. The molecule has 232 valence electrons. The van der Waals surface area contributed by atoms with E-state index in [9.17, 15) is 22.4 Å². The second-order valence-electron chi connectivity index (χ2n) is 10.5. The monoisotopic (exact) mass is 613 g/mol. The van der Waals surface area contributed by atoms with Crippen LogP contribution in [0.4, 0.5) is 10.1 Å². The van der Waals surface area contributed by atoms with Crippen LogP contribution in [0.5, 0.6) is 11.5 Å². The first-order chi connectivity index (χ1) is 20.3. The molecular weight excluding hydrogens is 573 g/mol. The number of carbonyl (C=O) groups is 2. The maximum atomic E-state index is 14.7. The van der Waals surface area contributed by atoms with Crippen LogP contribution in [0.1, 0.15) is 43.9 Å². The van der Waals surface area contributed by atoms with Gasteiger partial charge in [-0.2, -0.15) is 0 Å². The van der Waals surface area contributed by atoms with E-state index in [1.54, 1.807) is 25.1 Å². The highest BCUT2D eigenvalue weighted by molar-refractivity contribution is 7.92. The molecule has 0 aromatic heterocycles. The number of methoxy groups -OCH3 is 2. The minimum absolute atomic E-state index is 0.125. The maximum Gasteiger partial charge on any atom is 0.264 e. The molecule has 3 aromatic rings. The Morgan fingerprint density at radius 2 is 1.56 bits per heavy atom. The number of nitrogens with one attached hydrogen (secondary N) is 1. The molecule has 9 nitrogen and oxygen atoms in total. The zero-order chi connectivity index (χ0) is 31.9.